The standard InChI is InChI=1S/C29H36O3Si/c1-23(20-21-31-33(6,7)29(3,4)5)18-19-27(24(2)22-25-14-10-8-11-15-25)32-28(30)26-16-12-9-13-17-26/h8-17,20,22,27H,21H2,1-7H3/b23-20-,24-22+. The van der Waals surface area contributed by atoms with Crippen molar-refractivity contribution < 1.29 is 14.0 Å². The first kappa shape index (κ1) is 26.4. The van der Waals surface area contributed by atoms with E-state index in [2.05, 4.69) is 45.7 Å². The van der Waals surface area contributed by atoms with E-state index in [-0.39, 0.29) is 5.04 Å². The van der Waals surface area contributed by atoms with E-state index in [1.165, 1.54) is 0 Å². The van der Waals surface area contributed by atoms with Gasteiger partial charge in [0.15, 0.2) is 14.4 Å². The number of rotatable bonds is 7. The molecule has 0 amide bonds. The minimum Gasteiger partial charge on any atom is -0.441 e. The highest BCUT2D eigenvalue weighted by Gasteiger charge is 2.36. The molecular weight excluding hydrogens is 424 g/mol. The van der Waals surface area contributed by atoms with Crippen LogP contribution in [0.3, 0.4) is 0 Å². The van der Waals surface area contributed by atoms with Crippen LogP contribution >= 0.6 is 0 Å². The van der Waals surface area contributed by atoms with E-state index in [0.717, 1.165) is 16.7 Å². The Morgan fingerprint density at radius 1 is 1.00 bits per heavy atom. The largest absolute Gasteiger partial charge is 0.441 e. The van der Waals surface area contributed by atoms with Crippen molar-refractivity contribution in [3.63, 3.8) is 0 Å². The van der Waals surface area contributed by atoms with Crippen LogP contribution in [0.15, 0.2) is 77.9 Å². The molecule has 0 radical (unpaired) electrons. The second-order valence-electron chi connectivity index (χ2n) is 9.68. The Morgan fingerprint density at radius 3 is 2.15 bits per heavy atom. The molecule has 1 atom stereocenters. The summed E-state index contributed by atoms with van der Waals surface area (Å²) in [6, 6.07) is 18.9. The van der Waals surface area contributed by atoms with E-state index in [0.29, 0.717) is 12.2 Å². The van der Waals surface area contributed by atoms with Crippen LogP contribution in [-0.2, 0) is 9.16 Å². The van der Waals surface area contributed by atoms with Gasteiger partial charge in [0.25, 0.3) is 0 Å². The summed E-state index contributed by atoms with van der Waals surface area (Å²) in [5, 5.41) is 0.163. The Hall–Kier alpha value is -2.87. The lowest BCUT2D eigenvalue weighted by molar-refractivity contribution is 0.0462. The SMILES string of the molecule is C/C(C#CC(OC(=O)c1ccccc1)/C(C)=C/c1ccccc1)=C/CO[Si](C)(C)C(C)(C)C. The molecule has 0 aromatic heterocycles. The summed E-state index contributed by atoms with van der Waals surface area (Å²) in [4.78, 5) is 12.7. The number of carbonyl (C=O) groups is 1. The molecule has 0 bridgehead atoms. The van der Waals surface area contributed by atoms with Crippen LogP contribution in [0.1, 0.15) is 50.5 Å². The zero-order valence-corrected chi connectivity index (χ0v) is 21.9. The fraction of sp³-hybridized carbons (Fsp3) is 0.345. The fourth-order valence-electron chi connectivity index (χ4n) is 2.70. The first-order valence-corrected chi connectivity index (χ1v) is 14.2. The first-order chi connectivity index (χ1) is 15.5. The highest BCUT2D eigenvalue weighted by molar-refractivity contribution is 6.74. The Labute approximate surface area is 200 Å². The second-order valence-corrected chi connectivity index (χ2v) is 14.5. The molecule has 2 rings (SSSR count). The van der Waals surface area contributed by atoms with E-state index in [4.69, 9.17) is 9.16 Å². The molecule has 0 aliphatic carbocycles. The van der Waals surface area contributed by atoms with Crippen LogP contribution < -0.4 is 0 Å². The third-order valence-corrected chi connectivity index (χ3v) is 10.4. The van der Waals surface area contributed by atoms with Crippen molar-refractivity contribution in [2.45, 2.75) is 58.9 Å². The maximum absolute atomic E-state index is 12.7. The summed E-state index contributed by atoms with van der Waals surface area (Å²) in [5.74, 6) is 5.91. The van der Waals surface area contributed by atoms with Crippen LogP contribution in [0.5, 0.6) is 0 Å². The van der Waals surface area contributed by atoms with Gasteiger partial charge in [-0.05, 0) is 72.8 Å². The Balaban J connectivity index is 2.21. The van der Waals surface area contributed by atoms with Crippen LogP contribution in [0, 0.1) is 11.8 Å². The summed E-state index contributed by atoms with van der Waals surface area (Å²) in [6.07, 6.45) is 3.35. The molecule has 0 saturated carbocycles. The van der Waals surface area contributed by atoms with Gasteiger partial charge in [-0.3, -0.25) is 0 Å². The van der Waals surface area contributed by atoms with E-state index < -0.39 is 20.4 Å². The molecule has 0 spiro atoms. The van der Waals surface area contributed by atoms with E-state index in [1.54, 1.807) is 12.1 Å². The van der Waals surface area contributed by atoms with Gasteiger partial charge in [0, 0.05) is 0 Å². The number of hydrogen-bond donors (Lipinski definition) is 0. The second kappa shape index (κ2) is 11.8. The summed E-state index contributed by atoms with van der Waals surface area (Å²) in [6.45, 7) is 15.6. The first-order valence-electron chi connectivity index (χ1n) is 11.3. The summed E-state index contributed by atoms with van der Waals surface area (Å²) >= 11 is 0. The van der Waals surface area contributed by atoms with Gasteiger partial charge < -0.3 is 9.16 Å². The number of allylic oxidation sites excluding steroid dienone is 1. The minimum absolute atomic E-state index is 0.163. The van der Waals surface area contributed by atoms with Crippen LogP contribution in [0.2, 0.25) is 18.1 Å². The lowest BCUT2D eigenvalue weighted by Gasteiger charge is -2.35. The molecule has 174 valence electrons. The quantitative estimate of drug-likeness (QED) is 0.247. The molecule has 2 aromatic rings. The molecule has 0 heterocycles. The molecule has 2 aromatic carbocycles. The molecule has 0 aliphatic heterocycles. The average molecular weight is 461 g/mol. The van der Waals surface area contributed by atoms with Gasteiger partial charge in [0.2, 0.25) is 0 Å². The molecule has 0 aliphatic rings. The predicted molar refractivity (Wildman–Crippen MR) is 140 cm³/mol. The van der Waals surface area contributed by atoms with Gasteiger partial charge >= 0.3 is 5.97 Å². The Morgan fingerprint density at radius 2 is 1.58 bits per heavy atom. The Kier molecular flexibility index (Phi) is 9.46. The normalized spacial score (nSPS) is 13.7. The molecule has 1 unspecified atom stereocenters. The van der Waals surface area contributed by atoms with E-state index >= 15 is 0 Å². The van der Waals surface area contributed by atoms with Gasteiger partial charge in [-0.15, -0.1) is 0 Å². The van der Waals surface area contributed by atoms with E-state index in [9.17, 15) is 4.79 Å². The van der Waals surface area contributed by atoms with Crippen molar-refractivity contribution in [3.8, 4) is 11.8 Å². The van der Waals surface area contributed by atoms with Gasteiger partial charge in [0.05, 0.1) is 12.2 Å². The van der Waals surface area contributed by atoms with Crippen molar-refractivity contribution in [2.75, 3.05) is 6.61 Å². The molecule has 4 heteroatoms. The molecular formula is C29H36O3Si. The number of carbonyl (C=O) groups excluding carboxylic acids is 1. The van der Waals surface area contributed by atoms with Crippen molar-refractivity contribution in [3.05, 3.63) is 89.0 Å². The maximum Gasteiger partial charge on any atom is 0.339 e. The number of hydrogen-bond acceptors (Lipinski definition) is 3. The topological polar surface area (TPSA) is 35.5 Å². The Bertz CT molecular complexity index is 1030. The van der Waals surface area contributed by atoms with Crippen LogP contribution in [-0.4, -0.2) is 27.0 Å². The number of benzene rings is 2. The number of esters is 1. The maximum atomic E-state index is 12.7. The van der Waals surface area contributed by atoms with Crippen molar-refractivity contribution in [1.82, 2.24) is 0 Å². The lowest BCUT2D eigenvalue weighted by atomic mass is 10.1. The zero-order valence-electron chi connectivity index (χ0n) is 20.9. The summed E-state index contributed by atoms with van der Waals surface area (Å²) in [7, 11) is -1.81. The predicted octanol–water partition coefficient (Wildman–Crippen LogP) is 7.29. The smallest absolute Gasteiger partial charge is 0.339 e. The fourth-order valence-corrected chi connectivity index (χ4v) is 3.63. The molecule has 33 heavy (non-hydrogen) atoms. The highest BCUT2D eigenvalue weighted by atomic mass is 28.4. The molecule has 0 saturated heterocycles. The molecule has 0 N–H and O–H groups in total. The average Bonchev–Trinajstić information content (AvgIpc) is 2.76. The van der Waals surface area contributed by atoms with Crippen LogP contribution in [0.25, 0.3) is 6.08 Å². The molecule has 0 fully saturated rings. The minimum atomic E-state index is -1.81. The highest BCUT2D eigenvalue weighted by Crippen LogP contribution is 2.36. The number of ether oxygens (including phenoxy) is 1. The third kappa shape index (κ3) is 8.53. The van der Waals surface area contributed by atoms with Crippen molar-refractivity contribution in [2.24, 2.45) is 0 Å². The van der Waals surface area contributed by atoms with Gasteiger partial charge in [-0.25, -0.2) is 4.79 Å². The zero-order chi connectivity index (χ0) is 24.5. The van der Waals surface area contributed by atoms with Crippen molar-refractivity contribution in [1.29, 1.82) is 0 Å². The van der Waals surface area contributed by atoms with E-state index in [1.807, 2.05) is 74.5 Å². The van der Waals surface area contributed by atoms with Gasteiger partial charge in [0.1, 0.15) is 0 Å². The van der Waals surface area contributed by atoms with Crippen molar-refractivity contribution >= 4 is 20.4 Å². The summed E-state index contributed by atoms with van der Waals surface area (Å²) < 4.78 is 12.0. The van der Waals surface area contributed by atoms with Gasteiger partial charge in [-0.2, -0.15) is 0 Å². The third-order valence-electron chi connectivity index (χ3n) is 5.88. The lowest BCUT2D eigenvalue weighted by Crippen LogP contribution is -2.40. The summed E-state index contributed by atoms with van der Waals surface area (Å²) in [5.41, 5.74) is 3.30. The molecule has 3 nitrogen and oxygen atoms in total. The van der Waals surface area contributed by atoms with Crippen LogP contribution in [0.4, 0.5) is 0 Å². The monoisotopic (exact) mass is 460 g/mol. The van der Waals surface area contributed by atoms with Gasteiger partial charge in [-0.1, -0.05) is 81.3 Å².